The van der Waals surface area contributed by atoms with Crippen LogP contribution in [-0.2, 0) is 15.3 Å². The molecule has 8 atom stereocenters. The molecule has 6 rings (SSSR count). The third-order valence-electron chi connectivity index (χ3n) is 7.97. The highest BCUT2D eigenvalue weighted by Crippen LogP contribution is 2.44. The number of hydrogen-bond acceptors (Lipinski definition) is 9. The molecular weight excluding hydrogens is 631 g/mol. The number of anilines is 2. The highest BCUT2D eigenvalue weighted by molar-refractivity contribution is 6.40. The van der Waals surface area contributed by atoms with Crippen molar-refractivity contribution >= 4 is 45.9 Å². The van der Waals surface area contributed by atoms with Gasteiger partial charge in [0.15, 0.2) is 17.8 Å². The predicted molar refractivity (Wildman–Crippen MR) is 156 cm³/mol. The average Bonchev–Trinajstić information content (AvgIpc) is 3.71. The fourth-order valence-corrected chi connectivity index (χ4v) is 5.66. The number of fused-ring (bicyclic) bond motifs is 2. The van der Waals surface area contributed by atoms with Crippen molar-refractivity contribution in [1.29, 1.82) is 0 Å². The maximum absolute atomic E-state index is 14.5. The van der Waals surface area contributed by atoms with Crippen LogP contribution in [-0.4, -0.2) is 64.2 Å². The van der Waals surface area contributed by atoms with E-state index in [4.69, 9.17) is 44.1 Å². The summed E-state index contributed by atoms with van der Waals surface area (Å²) in [4.78, 5) is 6.84. The van der Waals surface area contributed by atoms with Crippen LogP contribution in [0.4, 0.5) is 29.2 Å². The molecule has 17 heteroatoms. The van der Waals surface area contributed by atoms with Gasteiger partial charge in [0.25, 0.3) is 0 Å². The molecular formula is C27H34Cl2F4N8O3. The van der Waals surface area contributed by atoms with E-state index in [-0.39, 0.29) is 40.2 Å². The third-order valence-corrected chi connectivity index (χ3v) is 7.97. The standard InChI is InChI=1S/C13H16F2N4O2.C13H16F2N4O.CH2Cl2/c1-3-8-6(2)10(14)13(20,21-8)9-5-4-7-11(16)17-12(15)18-19(7)9;1-3-9-6(2)10(14)11(20-9)7-4-5-8-12(16)17-13(15)18-19(7)8;2-1-3/h4-6,8,10,20H,3H2,1-2H3,(H2,16,17,18);4-6,9-11H,3H2,1-2H3,(H2,16,17,18);1H2/t6-,8-,10-,13?;6-,9-,10-,11?;/m11./s1. The van der Waals surface area contributed by atoms with Crippen molar-refractivity contribution in [3.05, 3.63) is 47.8 Å². The zero-order valence-electron chi connectivity index (χ0n) is 24.3. The lowest BCUT2D eigenvalue weighted by molar-refractivity contribution is -0.227. The van der Waals surface area contributed by atoms with Gasteiger partial charge in [-0.1, -0.05) is 27.7 Å². The van der Waals surface area contributed by atoms with Gasteiger partial charge in [-0.3, -0.25) is 0 Å². The molecule has 2 saturated heterocycles. The summed E-state index contributed by atoms with van der Waals surface area (Å²) in [5.41, 5.74) is 12.4. The first-order valence-electron chi connectivity index (χ1n) is 13.9. The van der Waals surface area contributed by atoms with E-state index in [1.807, 2.05) is 20.8 Å². The van der Waals surface area contributed by atoms with Crippen molar-refractivity contribution in [3.63, 3.8) is 0 Å². The van der Waals surface area contributed by atoms with Crippen LogP contribution in [0.3, 0.4) is 0 Å². The number of halogens is 6. The first-order valence-corrected chi connectivity index (χ1v) is 15.0. The summed E-state index contributed by atoms with van der Waals surface area (Å²) in [6.45, 7) is 7.27. The summed E-state index contributed by atoms with van der Waals surface area (Å²) in [6, 6.07) is 6.20. The Morgan fingerprint density at radius 1 is 0.886 bits per heavy atom. The molecule has 4 aromatic heterocycles. The topological polar surface area (TPSA) is 151 Å². The van der Waals surface area contributed by atoms with Gasteiger partial charge in [-0.05, 0) is 37.1 Å². The van der Waals surface area contributed by atoms with Gasteiger partial charge in [0, 0.05) is 11.8 Å². The number of nitrogens with zero attached hydrogens (tertiary/aromatic N) is 6. The van der Waals surface area contributed by atoms with Crippen LogP contribution >= 0.6 is 23.2 Å². The molecule has 0 aliphatic carbocycles. The fraction of sp³-hybridized carbons (Fsp3) is 0.556. The Balaban J connectivity index is 0.000000185. The van der Waals surface area contributed by atoms with E-state index >= 15 is 0 Å². The largest absolute Gasteiger partial charge is 0.382 e. The molecule has 6 heterocycles. The summed E-state index contributed by atoms with van der Waals surface area (Å²) in [5.74, 6) is -2.95. The molecule has 2 unspecified atom stereocenters. The van der Waals surface area contributed by atoms with Gasteiger partial charge < -0.3 is 26.0 Å². The molecule has 0 aromatic carbocycles. The number of alkyl halides is 4. The van der Waals surface area contributed by atoms with Crippen LogP contribution in [0.25, 0.3) is 11.0 Å². The minimum atomic E-state index is -2.18. The van der Waals surface area contributed by atoms with E-state index in [1.54, 1.807) is 19.1 Å². The number of nitrogens with two attached hydrogens (primary N) is 2. The SMILES string of the molecule is CC[C@H]1OC(O)(c2ccc3c(N)nc(F)nn23)[C@H](F)[C@@H]1C.CC[C@H]1OC(c2ccc3c(N)nc(F)nn23)[C@H](F)[C@@H]1C.ClCCl. The van der Waals surface area contributed by atoms with E-state index < -0.39 is 48.4 Å². The lowest BCUT2D eigenvalue weighted by Gasteiger charge is -2.24. The monoisotopic (exact) mass is 664 g/mol. The van der Waals surface area contributed by atoms with Gasteiger partial charge in [0.2, 0.25) is 5.79 Å². The fourth-order valence-electron chi connectivity index (χ4n) is 5.66. The number of aliphatic hydroxyl groups is 1. The van der Waals surface area contributed by atoms with Gasteiger partial charge in [0.05, 0.1) is 23.2 Å². The second-order valence-corrected chi connectivity index (χ2v) is 11.3. The molecule has 4 aromatic rings. The minimum absolute atomic E-state index is 0.000741. The first kappa shape index (κ1) is 33.9. The van der Waals surface area contributed by atoms with Crippen LogP contribution < -0.4 is 11.5 Å². The highest BCUT2D eigenvalue weighted by Gasteiger charge is 2.55. The minimum Gasteiger partial charge on any atom is -0.382 e. The summed E-state index contributed by atoms with van der Waals surface area (Å²) >= 11 is 9.53. The van der Waals surface area contributed by atoms with Crippen LogP contribution in [0, 0.1) is 24.0 Å². The highest BCUT2D eigenvalue weighted by atomic mass is 35.5. The maximum Gasteiger partial charge on any atom is 0.327 e. The summed E-state index contributed by atoms with van der Waals surface area (Å²) in [7, 11) is 0. The quantitative estimate of drug-likeness (QED) is 0.200. The van der Waals surface area contributed by atoms with Gasteiger partial charge >= 0.3 is 12.2 Å². The molecule has 0 bridgehead atoms. The Hall–Kier alpha value is -2.98. The Morgan fingerprint density at radius 2 is 1.41 bits per heavy atom. The second kappa shape index (κ2) is 13.6. The predicted octanol–water partition coefficient (Wildman–Crippen LogP) is 5.07. The lowest BCUT2D eigenvalue weighted by atomic mass is 9.95. The molecule has 0 radical (unpaired) electrons. The van der Waals surface area contributed by atoms with Gasteiger partial charge in [0.1, 0.15) is 29.0 Å². The average molecular weight is 666 g/mol. The number of rotatable bonds is 4. The molecule has 0 spiro atoms. The maximum atomic E-state index is 14.5. The van der Waals surface area contributed by atoms with E-state index in [0.717, 1.165) is 10.9 Å². The molecule has 44 heavy (non-hydrogen) atoms. The normalized spacial score (nSPS) is 29.8. The van der Waals surface area contributed by atoms with Crippen molar-refractivity contribution in [2.45, 2.75) is 77.0 Å². The van der Waals surface area contributed by atoms with Crippen LogP contribution in [0.1, 0.15) is 58.0 Å². The number of ether oxygens (including phenoxy) is 2. The number of nitrogen functional groups attached to an aromatic ring is 2. The van der Waals surface area contributed by atoms with Crippen molar-refractivity contribution in [3.8, 4) is 0 Å². The Bertz CT molecular complexity index is 1600. The Kier molecular flexibility index (Phi) is 10.5. The number of aromatic nitrogens is 6. The van der Waals surface area contributed by atoms with Gasteiger partial charge in [-0.2, -0.15) is 18.7 Å². The molecule has 5 N–H and O–H groups in total. The summed E-state index contributed by atoms with van der Waals surface area (Å²) in [6.07, 6.45) is -4.87. The smallest absolute Gasteiger partial charge is 0.327 e. The summed E-state index contributed by atoms with van der Waals surface area (Å²) < 4.78 is 69.1. The van der Waals surface area contributed by atoms with E-state index in [2.05, 4.69) is 20.2 Å². The van der Waals surface area contributed by atoms with Crippen LogP contribution in [0.2, 0.25) is 0 Å². The first-order chi connectivity index (χ1) is 20.8. The van der Waals surface area contributed by atoms with Crippen LogP contribution in [0.15, 0.2) is 24.3 Å². The molecule has 2 fully saturated rings. The molecule has 2 aliphatic heterocycles. The zero-order chi connectivity index (χ0) is 32.5. The lowest BCUT2D eigenvalue weighted by Crippen LogP contribution is -2.37. The van der Waals surface area contributed by atoms with Crippen molar-refractivity contribution < 1.29 is 32.1 Å². The Morgan fingerprint density at radius 3 is 1.93 bits per heavy atom. The van der Waals surface area contributed by atoms with Crippen molar-refractivity contribution in [2.75, 3.05) is 16.8 Å². The van der Waals surface area contributed by atoms with E-state index in [9.17, 15) is 22.7 Å². The second-order valence-electron chi connectivity index (χ2n) is 10.5. The van der Waals surface area contributed by atoms with E-state index in [1.165, 1.54) is 16.6 Å². The molecule has 0 saturated carbocycles. The molecule has 0 amide bonds. The van der Waals surface area contributed by atoms with Crippen LogP contribution in [0.5, 0.6) is 0 Å². The summed E-state index contributed by atoms with van der Waals surface area (Å²) in [5, 5.41) is 18.0. The van der Waals surface area contributed by atoms with E-state index in [0.29, 0.717) is 17.6 Å². The van der Waals surface area contributed by atoms with Gasteiger partial charge in [-0.25, -0.2) is 17.8 Å². The zero-order valence-corrected chi connectivity index (χ0v) is 25.9. The van der Waals surface area contributed by atoms with Gasteiger partial charge in [-0.15, -0.1) is 33.4 Å². The molecule has 11 nitrogen and oxygen atoms in total. The molecule has 242 valence electrons. The Labute approximate surface area is 260 Å². The van der Waals surface area contributed by atoms with Crippen molar-refractivity contribution in [2.24, 2.45) is 11.8 Å². The number of hydrogen-bond donors (Lipinski definition) is 3. The van der Waals surface area contributed by atoms with Crippen molar-refractivity contribution in [1.82, 2.24) is 29.2 Å². The third kappa shape index (κ3) is 6.12. The molecule has 2 aliphatic rings.